The minimum Gasteiger partial charge on any atom is -0.352 e. The molecule has 1 aromatic rings. The maximum absolute atomic E-state index is 12.4. The van der Waals surface area contributed by atoms with Crippen molar-refractivity contribution in [3.8, 4) is 0 Å². The van der Waals surface area contributed by atoms with Gasteiger partial charge in [0, 0.05) is 43.9 Å². The Kier molecular flexibility index (Phi) is 5.74. The van der Waals surface area contributed by atoms with Crippen molar-refractivity contribution in [1.29, 1.82) is 0 Å². The standard InChI is InChI=1S/C20H29N3O2/c1-15-6-3-4-11-22(15)12-5-10-21-20(25)18-7-8-19-17(14-18)9-13-23(19)16(2)24/h7-8,14-15H,3-6,9-13H2,1-2H3,(H,21,25). The fourth-order valence-corrected chi connectivity index (χ4v) is 3.95. The van der Waals surface area contributed by atoms with Gasteiger partial charge in [-0.3, -0.25) is 9.59 Å². The number of fused-ring (bicyclic) bond motifs is 1. The minimum absolute atomic E-state index is 0.0178. The second kappa shape index (κ2) is 8.00. The molecule has 1 saturated heterocycles. The molecule has 0 bridgehead atoms. The zero-order valence-corrected chi connectivity index (χ0v) is 15.4. The number of nitrogens with one attached hydrogen (secondary N) is 1. The van der Waals surface area contributed by atoms with Crippen molar-refractivity contribution in [3.63, 3.8) is 0 Å². The lowest BCUT2D eigenvalue weighted by Crippen LogP contribution is -2.39. The molecule has 0 aliphatic carbocycles. The van der Waals surface area contributed by atoms with E-state index in [-0.39, 0.29) is 11.8 Å². The van der Waals surface area contributed by atoms with Crippen molar-refractivity contribution < 1.29 is 9.59 Å². The summed E-state index contributed by atoms with van der Waals surface area (Å²) in [4.78, 5) is 28.3. The predicted octanol–water partition coefficient (Wildman–Crippen LogP) is 2.59. The number of amides is 2. The molecule has 2 aliphatic heterocycles. The first-order valence-corrected chi connectivity index (χ1v) is 9.49. The van der Waals surface area contributed by atoms with E-state index in [0.29, 0.717) is 24.7 Å². The van der Waals surface area contributed by atoms with Crippen LogP contribution in [0.5, 0.6) is 0 Å². The first-order valence-electron chi connectivity index (χ1n) is 9.49. The highest BCUT2D eigenvalue weighted by Gasteiger charge is 2.23. The summed E-state index contributed by atoms with van der Waals surface area (Å²) in [6, 6.07) is 6.32. The Hall–Kier alpha value is -1.88. The van der Waals surface area contributed by atoms with Crippen LogP contribution in [0.4, 0.5) is 5.69 Å². The van der Waals surface area contributed by atoms with E-state index in [2.05, 4.69) is 17.1 Å². The third-order valence-corrected chi connectivity index (χ3v) is 5.47. The Morgan fingerprint density at radius 2 is 2.08 bits per heavy atom. The Labute approximate surface area is 150 Å². The number of likely N-dealkylation sites (tertiary alicyclic amines) is 1. The summed E-state index contributed by atoms with van der Waals surface area (Å²) in [5.41, 5.74) is 2.73. The average Bonchev–Trinajstić information content (AvgIpc) is 3.03. The third kappa shape index (κ3) is 4.21. The molecular formula is C20H29N3O2. The molecule has 2 heterocycles. The number of anilines is 1. The molecule has 1 atom stereocenters. The van der Waals surface area contributed by atoms with Crippen molar-refractivity contribution in [2.24, 2.45) is 0 Å². The molecule has 1 N–H and O–H groups in total. The molecule has 2 aliphatic rings. The van der Waals surface area contributed by atoms with Gasteiger partial charge >= 0.3 is 0 Å². The van der Waals surface area contributed by atoms with Crippen molar-refractivity contribution in [3.05, 3.63) is 29.3 Å². The van der Waals surface area contributed by atoms with Crippen LogP contribution in [0, 0.1) is 0 Å². The molecule has 0 spiro atoms. The average molecular weight is 343 g/mol. The normalized spacial score (nSPS) is 20.4. The van der Waals surface area contributed by atoms with Gasteiger partial charge in [-0.25, -0.2) is 0 Å². The number of hydrogen-bond acceptors (Lipinski definition) is 3. The van der Waals surface area contributed by atoms with Gasteiger partial charge in [-0.1, -0.05) is 6.42 Å². The Morgan fingerprint density at radius 1 is 1.24 bits per heavy atom. The summed E-state index contributed by atoms with van der Waals surface area (Å²) < 4.78 is 0. The van der Waals surface area contributed by atoms with E-state index < -0.39 is 0 Å². The van der Waals surface area contributed by atoms with Crippen LogP contribution in [-0.4, -0.2) is 48.9 Å². The predicted molar refractivity (Wildman–Crippen MR) is 100 cm³/mol. The van der Waals surface area contributed by atoms with Crippen LogP contribution < -0.4 is 10.2 Å². The summed E-state index contributed by atoms with van der Waals surface area (Å²) in [5, 5.41) is 3.03. The van der Waals surface area contributed by atoms with E-state index in [1.165, 1.54) is 25.8 Å². The summed E-state index contributed by atoms with van der Waals surface area (Å²) in [6.07, 6.45) is 5.73. The van der Waals surface area contributed by atoms with E-state index in [1.807, 2.05) is 18.2 Å². The molecule has 3 rings (SSSR count). The first kappa shape index (κ1) is 17.9. The largest absolute Gasteiger partial charge is 0.352 e. The molecule has 0 radical (unpaired) electrons. The lowest BCUT2D eigenvalue weighted by atomic mass is 10.0. The number of hydrogen-bond donors (Lipinski definition) is 1. The molecule has 25 heavy (non-hydrogen) atoms. The lowest BCUT2D eigenvalue weighted by molar-refractivity contribution is -0.116. The number of nitrogens with zero attached hydrogens (tertiary/aromatic N) is 2. The van der Waals surface area contributed by atoms with Crippen molar-refractivity contribution in [2.45, 2.75) is 52.0 Å². The maximum Gasteiger partial charge on any atom is 0.251 e. The lowest BCUT2D eigenvalue weighted by Gasteiger charge is -2.33. The van der Waals surface area contributed by atoms with Crippen LogP contribution >= 0.6 is 0 Å². The fourth-order valence-electron chi connectivity index (χ4n) is 3.95. The number of carbonyl (C=O) groups is 2. The summed E-state index contributed by atoms with van der Waals surface area (Å²) in [7, 11) is 0. The van der Waals surface area contributed by atoms with Gasteiger partial charge in [0.25, 0.3) is 5.91 Å². The summed E-state index contributed by atoms with van der Waals surface area (Å²) in [5.74, 6) is 0.0404. The summed E-state index contributed by atoms with van der Waals surface area (Å²) in [6.45, 7) is 7.54. The van der Waals surface area contributed by atoms with Gasteiger partial charge in [0.1, 0.15) is 0 Å². The van der Waals surface area contributed by atoms with Crippen LogP contribution in [0.1, 0.15) is 55.5 Å². The van der Waals surface area contributed by atoms with Crippen molar-refractivity contribution >= 4 is 17.5 Å². The number of carbonyl (C=O) groups excluding carboxylic acids is 2. The van der Waals surface area contributed by atoms with Gasteiger partial charge < -0.3 is 15.1 Å². The maximum atomic E-state index is 12.4. The third-order valence-electron chi connectivity index (χ3n) is 5.47. The van der Waals surface area contributed by atoms with Crippen molar-refractivity contribution in [1.82, 2.24) is 10.2 Å². The second-order valence-corrected chi connectivity index (χ2v) is 7.25. The highest BCUT2D eigenvalue weighted by atomic mass is 16.2. The Bertz CT molecular complexity index is 644. The van der Waals surface area contributed by atoms with Crippen molar-refractivity contribution in [2.75, 3.05) is 31.1 Å². The molecule has 0 aromatic heterocycles. The second-order valence-electron chi connectivity index (χ2n) is 7.25. The molecule has 5 nitrogen and oxygen atoms in total. The Morgan fingerprint density at radius 3 is 2.84 bits per heavy atom. The Balaban J connectivity index is 1.48. The van der Waals surface area contributed by atoms with E-state index >= 15 is 0 Å². The zero-order chi connectivity index (χ0) is 17.8. The van der Waals surface area contributed by atoms with Crippen LogP contribution in [0.2, 0.25) is 0 Å². The van der Waals surface area contributed by atoms with Crippen LogP contribution in [0.15, 0.2) is 18.2 Å². The summed E-state index contributed by atoms with van der Waals surface area (Å²) >= 11 is 0. The zero-order valence-electron chi connectivity index (χ0n) is 15.4. The minimum atomic E-state index is -0.0178. The topological polar surface area (TPSA) is 52.7 Å². The van der Waals surface area contributed by atoms with Crippen LogP contribution in [-0.2, 0) is 11.2 Å². The molecule has 1 unspecified atom stereocenters. The molecular weight excluding hydrogens is 314 g/mol. The molecule has 2 amide bonds. The van der Waals surface area contributed by atoms with Gasteiger partial charge in [-0.15, -0.1) is 0 Å². The number of benzene rings is 1. The van der Waals surface area contributed by atoms with Gasteiger partial charge in [-0.05, 0) is 62.9 Å². The van der Waals surface area contributed by atoms with E-state index in [9.17, 15) is 9.59 Å². The first-order chi connectivity index (χ1) is 12.1. The number of rotatable bonds is 5. The highest BCUT2D eigenvalue weighted by Crippen LogP contribution is 2.28. The molecule has 1 fully saturated rings. The van der Waals surface area contributed by atoms with E-state index in [1.54, 1.807) is 11.8 Å². The molecule has 1 aromatic carbocycles. The monoisotopic (exact) mass is 343 g/mol. The van der Waals surface area contributed by atoms with Gasteiger partial charge in [0.05, 0.1) is 0 Å². The molecule has 5 heteroatoms. The highest BCUT2D eigenvalue weighted by molar-refractivity contribution is 5.97. The van der Waals surface area contributed by atoms with E-state index in [4.69, 9.17) is 0 Å². The molecule has 136 valence electrons. The van der Waals surface area contributed by atoms with Gasteiger partial charge in [0.15, 0.2) is 0 Å². The van der Waals surface area contributed by atoms with E-state index in [0.717, 1.165) is 30.6 Å². The fraction of sp³-hybridized carbons (Fsp3) is 0.600. The van der Waals surface area contributed by atoms with Gasteiger partial charge in [0.2, 0.25) is 5.91 Å². The van der Waals surface area contributed by atoms with Gasteiger partial charge in [-0.2, -0.15) is 0 Å². The van der Waals surface area contributed by atoms with Crippen LogP contribution in [0.25, 0.3) is 0 Å². The van der Waals surface area contributed by atoms with Crippen LogP contribution in [0.3, 0.4) is 0 Å². The SMILES string of the molecule is CC(=O)N1CCc2cc(C(=O)NCCCN3CCCCC3C)ccc21. The quantitative estimate of drug-likeness (QED) is 0.836. The molecule has 0 saturated carbocycles. The number of piperidine rings is 1. The smallest absolute Gasteiger partial charge is 0.251 e.